The fraction of sp³-hybridized carbons (Fsp3) is 0.444. The average Bonchev–Trinajstić information content (AvgIpc) is 3.63. The molecule has 0 aliphatic carbocycles. The highest BCUT2D eigenvalue weighted by molar-refractivity contribution is 5.72. The van der Waals surface area contributed by atoms with Crippen molar-refractivity contribution in [2.75, 3.05) is 0 Å². The van der Waals surface area contributed by atoms with Gasteiger partial charge in [0, 0.05) is 0 Å². The molecule has 2 atom stereocenters. The Labute approximate surface area is 272 Å². The fourth-order valence-corrected chi connectivity index (χ4v) is 4.94. The van der Waals surface area contributed by atoms with E-state index in [1.54, 1.807) is 12.4 Å². The first-order valence-electron chi connectivity index (χ1n) is 15.8. The second kappa shape index (κ2) is 13.8. The maximum absolute atomic E-state index is 12.4. The first kappa shape index (κ1) is 34.3. The van der Waals surface area contributed by atoms with Crippen LogP contribution in [0.5, 0.6) is 0 Å². The summed E-state index contributed by atoms with van der Waals surface area (Å²) in [5, 5.41) is 5.89. The lowest BCUT2D eigenvalue weighted by Crippen LogP contribution is -2.37. The molecule has 10 nitrogen and oxygen atoms in total. The van der Waals surface area contributed by atoms with Crippen molar-refractivity contribution in [2.45, 2.75) is 92.5 Å². The molecule has 0 spiro atoms. The summed E-state index contributed by atoms with van der Waals surface area (Å²) in [6.07, 6.45) is 2.64. The number of aromatic amines is 2. The van der Waals surface area contributed by atoms with E-state index in [-0.39, 0.29) is 23.9 Å². The van der Waals surface area contributed by atoms with Crippen LogP contribution in [0, 0.1) is 11.8 Å². The molecule has 2 aromatic carbocycles. The number of carbonyl (C=O) groups is 2. The molecule has 246 valence electrons. The second-order valence-corrected chi connectivity index (χ2v) is 14.3. The lowest BCUT2D eigenvalue weighted by molar-refractivity contribution is 0.0475. The van der Waals surface area contributed by atoms with Gasteiger partial charge in [0.25, 0.3) is 0 Å². The Morgan fingerprint density at radius 1 is 0.587 bits per heavy atom. The van der Waals surface area contributed by atoms with Crippen LogP contribution in [0.25, 0.3) is 33.6 Å². The standard InChI is InChI=1S/C36H48N6O4/c1-21(2)29(41-33(43)45-35(5,6)7)31-37-19-27(39-31)25-15-11-23(12-16-25)24-13-17-26(18-14-24)28-20-38-32(40-28)30(22(3)4)42-34(44)46-36(8,9)10/h11-22,29-30H,1-10H3,(H,37,39)(H,38,40)(H,41,43)(H,42,44)/t29-,30-/m1/s1. The molecule has 2 heterocycles. The van der Waals surface area contributed by atoms with Gasteiger partial charge in [-0.3, -0.25) is 0 Å². The minimum Gasteiger partial charge on any atom is -0.444 e. The Bertz CT molecular complexity index is 1480. The van der Waals surface area contributed by atoms with Gasteiger partial charge in [-0.15, -0.1) is 0 Å². The molecule has 0 aliphatic rings. The maximum atomic E-state index is 12.4. The number of rotatable bonds is 9. The molecule has 0 aliphatic heterocycles. The summed E-state index contributed by atoms with van der Waals surface area (Å²) >= 11 is 0. The molecule has 2 amide bonds. The lowest BCUT2D eigenvalue weighted by atomic mass is 10.0. The Morgan fingerprint density at radius 3 is 1.17 bits per heavy atom. The fourth-order valence-electron chi connectivity index (χ4n) is 4.94. The number of hydrogen-bond acceptors (Lipinski definition) is 6. The number of benzene rings is 2. The van der Waals surface area contributed by atoms with Gasteiger partial charge in [-0.05, 0) is 75.6 Å². The molecule has 4 rings (SSSR count). The van der Waals surface area contributed by atoms with Crippen molar-refractivity contribution in [1.82, 2.24) is 30.6 Å². The monoisotopic (exact) mass is 628 g/mol. The van der Waals surface area contributed by atoms with Crippen LogP contribution < -0.4 is 10.6 Å². The molecular formula is C36H48N6O4. The van der Waals surface area contributed by atoms with Crippen LogP contribution in [0.4, 0.5) is 9.59 Å². The number of hydrogen-bond donors (Lipinski definition) is 4. The van der Waals surface area contributed by atoms with Crippen molar-refractivity contribution in [1.29, 1.82) is 0 Å². The quantitative estimate of drug-likeness (QED) is 0.147. The molecule has 0 saturated heterocycles. The number of aromatic nitrogens is 4. The van der Waals surface area contributed by atoms with Crippen molar-refractivity contribution in [3.8, 4) is 33.6 Å². The predicted molar refractivity (Wildman–Crippen MR) is 181 cm³/mol. The van der Waals surface area contributed by atoms with E-state index in [4.69, 9.17) is 9.47 Å². The van der Waals surface area contributed by atoms with Crippen LogP contribution in [0.1, 0.15) is 93.0 Å². The van der Waals surface area contributed by atoms with Crippen molar-refractivity contribution in [3.63, 3.8) is 0 Å². The zero-order valence-corrected chi connectivity index (χ0v) is 28.6. The van der Waals surface area contributed by atoms with Gasteiger partial charge in [-0.2, -0.15) is 0 Å². The van der Waals surface area contributed by atoms with E-state index >= 15 is 0 Å². The van der Waals surface area contributed by atoms with Crippen LogP contribution in [0.15, 0.2) is 60.9 Å². The SMILES string of the molecule is CC(C)[C@@H](NC(=O)OC(C)(C)C)c1ncc(-c2ccc(-c3ccc(-c4cnc([C@H](NC(=O)OC(C)(C)C)C(C)C)[nH]4)cc3)cc2)[nH]1. The summed E-state index contributed by atoms with van der Waals surface area (Å²) in [5.41, 5.74) is 4.70. The van der Waals surface area contributed by atoms with Crippen molar-refractivity contribution >= 4 is 12.2 Å². The van der Waals surface area contributed by atoms with E-state index in [2.05, 4.69) is 79.1 Å². The zero-order valence-electron chi connectivity index (χ0n) is 28.6. The third kappa shape index (κ3) is 9.22. The molecule has 0 saturated carbocycles. The van der Waals surface area contributed by atoms with Crippen LogP contribution in [0.2, 0.25) is 0 Å². The normalized spacial score (nSPS) is 13.4. The first-order valence-corrected chi connectivity index (χ1v) is 15.8. The molecule has 4 N–H and O–H groups in total. The molecule has 0 unspecified atom stereocenters. The number of imidazole rings is 2. The second-order valence-electron chi connectivity index (χ2n) is 14.3. The van der Waals surface area contributed by atoms with Crippen LogP contribution in [-0.4, -0.2) is 43.3 Å². The van der Waals surface area contributed by atoms with Crippen molar-refractivity contribution < 1.29 is 19.1 Å². The first-order chi connectivity index (χ1) is 21.5. The summed E-state index contributed by atoms with van der Waals surface area (Å²) in [6, 6.07) is 15.9. The Morgan fingerprint density at radius 2 is 0.891 bits per heavy atom. The number of H-pyrrole nitrogens is 2. The van der Waals surface area contributed by atoms with E-state index in [9.17, 15) is 9.59 Å². The number of nitrogens with one attached hydrogen (secondary N) is 4. The number of nitrogens with zero attached hydrogens (tertiary/aromatic N) is 2. The largest absolute Gasteiger partial charge is 0.444 e. The van der Waals surface area contributed by atoms with Gasteiger partial charge < -0.3 is 30.1 Å². The minimum atomic E-state index is -0.579. The molecule has 0 bridgehead atoms. The van der Waals surface area contributed by atoms with E-state index in [1.807, 2.05) is 69.2 Å². The van der Waals surface area contributed by atoms with Crippen LogP contribution in [-0.2, 0) is 9.47 Å². The summed E-state index contributed by atoms with van der Waals surface area (Å²) in [5.74, 6) is 1.57. The topological polar surface area (TPSA) is 134 Å². The van der Waals surface area contributed by atoms with Gasteiger partial charge in [0.05, 0.1) is 35.9 Å². The summed E-state index contributed by atoms with van der Waals surface area (Å²) in [4.78, 5) is 40.8. The van der Waals surface area contributed by atoms with Gasteiger partial charge in [0.15, 0.2) is 0 Å². The summed E-state index contributed by atoms with van der Waals surface area (Å²) in [7, 11) is 0. The van der Waals surface area contributed by atoms with Crippen LogP contribution >= 0.6 is 0 Å². The third-order valence-electron chi connectivity index (χ3n) is 7.18. The van der Waals surface area contributed by atoms with Crippen molar-refractivity contribution in [3.05, 3.63) is 72.6 Å². The maximum Gasteiger partial charge on any atom is 0.408 e. The molecule has 0 radical (unpaired) electrons. The number of amides is 2. The van der Waals surface area contributed by atoms with E-state index in [0.29, 0.717) is 11.6 Å². The average molecular weight is 629 g/mol. The van der Waals surface area contributed by atoms with Gasteiger partial charge in [-0.25, -0.2) is 19.6 Å². The third-order valence-corrected chi connectivity index (χ3v) is 7.18. The van der Waals surface area contributed by atoms with Gasteiger partial charge in [0.1, 0.15) is 22.9 Å². The lowest BCUT2D eigenvalue weighted by Gasteiger charge is -2.24. The highest BCUT2D eigenvalue weighted by Crippen LogP contribution is 2.29. The predicted octanol–water partition coefficient (Wildman–Crippen LogP) is 8.58. The number of ether oxygens (including phenoxy) is 2. The molecule has 4 aromatic rings. The van der Waals surface area contributed by atoms with Gasteiger partial charge in [-0.1, -0.05) is 76.2 Å². The molecule has 2 aromatic heterocycles. The number of carbonyl (C=O) groups excluding carboxylic acids is 2. The van der Waals surface area contributed by atoms with Gasteiger partial charge in [0.2, 0.25) is 0 Å². The summed E-state index contributed by atoms with van der Waals surface area (Å²) < 4.78 is 10.9. The highest BCUT2D eigenvalue weighted by atomic mass is 16.6. The van der Waals surface area contributed by atoms with E-state index in [0.717, 1.165) is 33.6 Å². The van der Waals surface area contributed by atoms with Crippen LogP contribution in [0.3, 0.4) is 0 Å². The minimum absolute atomic E-state index is 0.107. The molecule has 0 fully saturated rings. The summed E-state index contributed by atoms with van der Waals surface area (Å²) in [6.45, 7) is 19.2. The number of alkyl carbamates (subject to hydrolysis) is 2. The van der Waals surface area contributed by atoms with E-state index < -0.39 is 23.4 Å². The Hall–Kier alpha value is -4.60. The smallest absolute Gasteiger partial charge is 0.408 e. The van der Waals surface area contributed by atoms with E-state index in [1.165, 1.54) is 0 Å². The Kier molecular flexibility index (Phi) is 10.3. The zero-order chi connectivity index (χ0) is 33.8. The molecular weight excluding hydrogens is 580 g/mol. The molecule has 46 heavy (non-hydrogen) atoms. The van der Waals surface area contributed by atoms with Gasteiger partial charge >= 0.3 is 12.2 Å². The Balaban J connectivity index is 1.44. The molecule has 10 heteroatoms. The van der Waals surface area contributed by atoms with Crippen molar-refractivity contribution in [2.24, 2.45) is 11.8 Å². The highest BCUT2D eigenvalue weighted by Gasteiger charge is 2.26.